The molecule has 0 bridgehead atoms. The monoisotopic (exact) mass is 472 g/mol. The number of benzene rings is 2. The molecule has 0 aliphatic rings. The van der Waals surface area contributed by atoms with Crippen LogP contribution in [0.2, 0.25) is 5.02 Å². The van der Waals surface area contributed by atoms with Gasteiger partial charge in [-0.25, -0.2) is 9.97 Å². The molecule has 5 aromatic rings. The molecule has 9 heteroatoms. The summed E-state index contributed by atoms with van der Waals surface area (Å²) < 4.78 is 7.34. The maximum Gasteiger partial charge on any atom is 0.255 e. The average Bonchev–Trinajstić information content (AvgIpc) is 3.48. The van der Waals surface area contributed by atoms with E-state index in [1.165, 1.54) is 0 Å². The number of rotatable bonds is 7. The molecule has 3 heterocycles. The number of pyridine rings is 1. The highest BCUT2D eigenvalue weighted by atomic mass is 35.5. The van der Waals surface area contributed by atoms with E-state index in [4.69, 9.17) is 26.3 Å². The number of methoxy groups -OCH3 is 1. The van der Waals surface area contributed by atoms with Gasteiger partial charge in [-0.05, 0) is 54.6 Å². The van der Waals surface area contributed by atoms with Crippen LogP contribution in [0.15, 0.2) is 73.2 Å². The van der Waals surface area contributed by atoms with Gasteiger partial charge in [-0.2, -0.15) is 0 Å². The van der Waals surface area contributed by atoms with Crippen molar-refractivity contribution < 1.29 is 9.53 Å². The Labute approximate surface area is 200 Å². The van der Waals surface area contributed by atoms with E-state index in [0.29, 0.717) is 40.9 Å². The molecule has 2 N–H and O–H groups in total. The van der Waals surface area contributed by atoms with Gasteiger partial charge in [-0.15, -0.1) is 0 Å². The first-order valence-electron chi connectivity index (χ1n) is 10.6. The van der Waals surface area contributed by atoms with Crippen molar-refractivity contribution in [2.24, 2.45) is 0 Å². The van der Waals surface area contributed by atoms with Crippen LogP contribution in [-0.2, 0) is 11.3 Å². The van der Waals surface area contributed by atoms with Crippen molar-refractivity contribution in [3.8, 4) is 22.9 Å². The van der Waals surface area contributed by atoms with Gasteiger partial charge in [-0.3, -0.25) is 9.78 Å². The summed E-state index contributed by atoms with van der Waals surface area (Å²) >= 11 is 6.01. The molecular formula is C25H21ClN6O2. The molecule has 0 radical (unpaired) electrons. The number of carbonyl (C=O) groups excluding carboxylic acids is 1. The lowest BCUT2D eigenvalue weighted by Gasteiger charge is -2.08. The van der Waals surface area contributed by atoms with Crippen molar-refractivity contribution in [1.82, 2.24) is 24.5 Å². The Morgan fingerprint density at radius 1 is 1.09 bits per heavy atom. The van der Waals surface area contributed by atoms with Gasteiger partial charge in [-0.1, -0.05) is 11.6 Å². The largest absolute Gasteiger partial charge is 0.383 e. The van der Waals surface area contributed by atoms with Gasteiger partial charge in [0.2, 0.25) is 0 Å². The molecule has 0 saturated carbocycles. The van der Waals surface area contributed by atoms with E-state index in [0.717, 1.165) is 22.4 Å². The fourth-order valence-corrected chi connectivity index (χ4v) is 3.82. The number of amides is 1. The Bertz CT molecular complexity index is 1440. The van der Waals surface area contributed by atoms with Gasteiger partial charge in [0.1, 0.15) is 11.5 Å². The van der Waals surface area contributed by atoms with Gasteiger partial charge in [0.25, 0.3) is 5.91 Å². The van der Waals surface area contributed by atoms with E-state index in [9.17, 15) is 4.79 Å². The molecule has 0 fully saturated rings. The standard InChI is InChI=1S/C25H21ClN6O2/c1-34-13-12-32-22-14-17(25(33)29-19-8-10-27-11-9-19)4-7-20(22)31-24(32)21-15-28-23(30-21)16-2-5-18(26)6-3-16/h2-11,14-15H,12-13H2,1H3,(H,28,30)(H,27,29,33). The van der Waals surface area contributed by atoms with E-state index < -0.39 is 0 Å². The predicted octanol–water partition coefficient (Wildman–Crippen LogP) is 5.04. The van der Waals surface area contributed by atoms with Crippen LogP contribution in [-0.4, -0.2) is 44.1 Å². The second-order valence-corrected chi connectivity index (χ2v) is 8.05. The molecule has 3 aromatic heterocycles. The van der Waals surface area contributed by atoms with Crippen molar-refractivity contribution >= 4 is 34.2 Å². The van der Waals surface area contributed by atoms with Crippen molar-refractivity contribution in [2.45, 2.75) is 6.54 Å². The fraction of sp³-hybridized carbons (Fsp3) is 0.120. The van der Waals surface area contributed by atoms with Crippen molar-refractivity contribution in [1.29, 1.82) is 0 Å². The minimum Gasteiger partial charge on any atom is -0.383 e. The van der Waals surface area contributed by atoms with E-state index in [2.05, 4.69) is 15.3 Å². The number of H-pyrrole nitrogens is 1. The van der Waals surface area contributed by atoms with E-state index in [1.54, 1.807) is 37.7 Å². The summed E-state index contributed by atoms with van der Waals surface area (Å²) in [4.78, 5) is 29.6. The highest BCUT2D eigenvalue weighted by molar-refractivity contribution is 6.30. The summed E-state index contributed by atoms with van der Waals surface area (Å²) in [5, 5.41) is 3.56. The predicted molar refractivity (Wildman–Crippen MR) is 132 cm³/mol. The number of nitrogens with one attached hydrogen (secondary N) is 2. The summed E-state index contributed by atoms with van der Waals surface area (Å²) in [5.41, 5.74) is 4.41. The zero-order valence-corrected chi connectivity index (χ0v) is 19.1. The first-order valence-corrected chi connectivity index (χ1v) is 11.0. The molecular weight excluding hydrogens is 452 g/mol. The number of halogens is 1. The molecule has 0 spiro atoms. The molecule has 5 rings (SSSR count). The van der Waals surface area contributed by atoms with Crippen LogP contribution in [0.3, 0.4) is 0 Å². The fourth-order valence-electron chi connectivity index (χ4n) is 3.70. The van der Waals surface area contributed by atoms with Crippen LogP contribution in [0, 0.1) is 0 Å². The number of nitrogens with zero attached hydrogens (tertiary/aromatic N) is 4. The SMILES string of the molecule is COCCn1c(-c2c[nH]c(-c3ccc(Cl)cc3)n2)nc2ccc(C(=O)Nc3ccncc3)cc21. The summed E-state index contributed by atoms with van der Waals surface area (Å²) in [6, 6.07) is 16.4. The van der Waals surface area contributed by atoms with Gasteiger partial charge in [0.05, 0.1) is 17.6 Å². The number of hydrogen-bond donors (Lipinski definition) is 2. The third-order valence-electron chi connectivity index (χ3n) is 5.39. The molecule has 0 unspecified atom stereocenters. The lowest BCUT2D eigenvalue weighted by Crippen LogP contribution is -2.12. The third kappa shape index (κ3) is 4.41. The quantitative estimate of drug-likeness (QED) is 0.346. The van der Waals surface area contributed by atoms with E-state index in [1.807, 2.05) is 47.2 Å². The van der Waals surface area contributed by atoms with Crippen molar-refractivity contribution in [3.63, 3.8) is 0 Å². The molecule has 170 valence electrons. The molecule has 0 saturated heterocycles. The van der Waals surface area contributed by atoms with Gasteiger partial charge < -0.3 is 19.6 Å². The van der Waals surface area contributed by atoms with Crippen molar-refractivity contribution in [2.75, 3.05) is 19.0 Å². The number of hydrogen-bond acceptors (Lipinski definition) is 5. The molecule has 34 heavy (non-hydrogen) atoms. The number of imidazole rings is 2. The van der Waals surface area contributed by atoms with Gasteiger partial charge in [0.15, 0.2) is 5.82 Å². The molecule has 1 amide bonds. The number of anilines is 1. The summed E-state index contributed by atoms with van der Waals surface area (Å²) in [7, 11) is 1.65. The highest BCUT2D eigenvalue weighted by Crippen LogP contribution is 2.27. The number of ether oxygens (including phenoxy) is 1. The molecule has 2 aromatic carbocycles. The third-order valence-corrected chi connectivity index (χ3v) is 5.64. The summed E-state index contributed by atoms with van der Waals surface area (Å²) in [5.74, 6) is 1.20. The number of carbonyl (C=O) groups is 1. The number of aromatic nitrogens is 5. The maximum atomic E-state index is 12.8. The van der Waals surface area contributed by atoms with Gasteiger partial charge >= 0.3 is 0 Å². The zero-order valence-electron chi connectivity index (χ0n) is 18.3. The van der Waals surface area contributed by atoms with Crippen LogP contribution in [0.4, 0.5) is 5.69 Å². The Kier molecular flexibility index (Phi) is 6.07. The number of fused-ring (bicyclic) bond motifs is 1. The topological polar surface area (TPSA) is 97.7 Å². The molecule has 8 nitrogen and oxygen atoms in total. The maximum absolute atomic E-state index is 12.8. The summed E-state index contributed by atoms with van der Waals surface area (Å²) in [6.07, 6.45) is 5.09. The van der Waals surface area contributed by atoms with Crippen LogP contribution in [0.5, 0.6) is 0 Å². The smallest absolute Gasteiger partial charge is 0.255 e. The lowest BCUT2D eigenvalue weighted by molar-refractivity contribution is 0.102. The Morgan fingerprint density at radius 2 is 1.88 bits per heavy atom. The zero-order chi connectivity index (χ0) is 23.5. The molecule has 0 aliphatic carbocycles. The van der Waals surface area contributed by atoms with E-state index in [-0.39, 0.29) is 5.91 Å². The minimum absolute atomic E-state index is 0.209. The first-order chi connectivity index (χ1) is 16.6. The number of aromatic amines is 1. The van der Waals surface area contributed by atoms with E-state index >= 15 is 0 Å². The van der Waals surface area contributed by atoms with Crippen LogP contribution in [0.25, 0.3) is 33.9 Å². The van der Waals surface area contributed by atoms with Crippen LogP contribution in [0.1, 0.15) is 10.4 Å². The second kappa shape index (κ2) is 9.46. The Morgan fingerprint density at radius 3 is 2.65 bits per heavy atom. The highest BCUT2D eigenvalue weighted by Gasteiger charge is 2.18. The molecule has 0 aliphatic heterocycles. The molecule has 0 atom stereocenters. The Hall–Kier alpha value is -4.01. The van der Waals surface area contributed by atoms with Crippen LogP contribution < -0.4 is 5.32 Å². The first kappa shape index (κ1) is 21.8. The van der Waals surface area contributed by atoms with Crippen LogP contribution >= 0.6 is 11.6 Å². The van der Waals surface area contributed by atoms with Crippen molar-refractivity contribution in [3.05, 3.63) is 83.8 Å². The average molecular weight is 473 g/mol. The normalized spacial score (nSPS) is 11.1. The minimum atomic E-state index is -0.209. The van der Waals surface area contributed by atoms with Gasteiger partial charge in [0, 0.05) is 54.1 Å². The lowest BCUT2D eigenvalue weighted by atomic mass is 10.2. The summed E-state index contributed by atoms with van der Waals surface area (Å²) in [6.45, 7) is 1.04. The Balaban J connectivity index is 1.52. The second-order valence-electron chi connectivity index (χ2n) is 7.61.